The Labute approximate surface area is 158 Å². The van der Waals surface area contributed by atoms with E-state index in [0.717, 1.165) is 16.7 Å². The Hall–Kier alpha value is -1.84. The molecule has 9 heteroatoms. The van der Waals surface area contributed by atoms with Gasteiger partial charge in [0, 0.05) is 24.5 Å². The summed E-state index contributed by atoms with van der Waals surface area (Å²) in [5, 5.41) is 12.0. The van der Waals surface area contributed by atoms with Gasteiger partial charge < -0.3 is 10.4 Å². The molecule has 6 nitrogen and oxygen atoms in total. The average molecular weight is 396 g/mol. The molecule has 0 saturated carbocycles. The van der Waals surface area contributed by atoms with Crippen molar-refractivity contribution in [3.05, 3.63) is 40.6 Å². The molecule has 26 heavy (non-hydrogen) atoms. The SMILES string of the molecule is O=C(CCN1C(=O)S/C(=C/c2cccc(F)c2)C1=O)N[C@@H]1CSC[C@H]1O. The number of benzene rings is 1. The molecule has 2 heterocycles. The maximum absolute atomic E-state index is 13.2. The summed E-state index contributed by atoms with van der Waals surface area (Å²) in [7, 11) is 0. The molecule has 1 aromatic carbocycles. The van der Waals surface area contributed by atoms with E-state index >= 15 is 0 Å². The number of hydrogen-bond acceptors (Lipinski definition) is 6. The van der Waals surface area contributed by atoms with Crippen LogP contribution in [0.15, 0.2) is 29.2 Å². The van der Waals surface area contributed by atoms with Crippen molar-refractivity contribution >= 4 is 46.7 Å². The number of nitrogens with zero attached hydrogens (tertiary/aromatic N) is 1. The second-order valence-electron chi connectivity index (χ2n) is 5.92. The van der Waals surface area contributed by atoms with Crippen LogP contribution in [0.5, 0.6) is 0 Å². The molecular weight excluding hydrogens is 379 g/mol. The predicted octanol–water partition coefficient (Wildman–Crippen LogP) is 1.84. The summed E-state index contributed by atoms with van der Waals surface area (Å²) in [6.07, 6.45) is 0.856. The van der Waals surface area contributed by atoms with Crippen LogP contribution in [0, 0.1) is 5.82 Å². The number of carbonyl (C=O) groups excluding carboxylic acids is 3. The molecule has 0 spiro atoms. The largest absolute Gasteiger partial charge is 0.390 e. The van der Waals surface area contributed by atoms with E-state index in [1.54, 1.807) is 17.8 Å². The summed E-state index contributed by atoms with van der Waals surface area (Å²) in [4.78, 5) is 37.6. The van der Waals surface area contributed by atoms with E-state index < -0.39 is 23.1 Å². The molecule has 0 radical (unpaired) electrons. The summed E-state index contributed by atoms with van der Waals surface area (Å²) in [6.45, 7) is -0.0348. The second kappa shape index (κ2) is 8.24. The highest BCUT2D eigenvalue weighted by atomic mass is 32.2. The number of aliphatic hydroxyl groups is 1. The fourth-order valence-electron chi connectivity index (χ4n) is 2.61. The quantitative estimate of drug-likeness (QED) is 0.739. The molecule has 0 bridgehead atoms. The fraction of sp³-hybridized carbons (Fsp3) is 0.353. The van der Waals surface area contributed by atoms with Crippen LogP contribution in [-0.2, 0) is 9.59 Å². The normalized spacial score (nSPS) is 24.5. The van der Waals surface area contributed by atoms with Crippen LogP contribution in [0.3, 0.4) is 0 Å². The van der Waals surface area contributed by atoms with Gasteiger partial charge in [0.2, 0.25) is 5.91 Å². The summed E-state index contributed by atoms with van der Waals surface area (Å²) in [5.74, 6) is -0.0100. The minimum Gasteiger partial charge on any atom is -0.390 e. The summed E-state index contributed by atoms with van der Waals surface area (Å²) >= 11 is 2.33. The molecule has 138 valence electrons. The van der Waals surface area contributed by atoms with Crippen molar-refractivity contribution in [2.75, 3.05) is 18.1 Å². The number of imide groups is 1. The molecule has 3 rings (SSSR count). The van der Waals surface area contributed by atoms with E-state index in [1.807, 2.05) is 0 Å². The molecular formula is C17H17FN2O4S2. The Bertz CT molecular complexity index is 771. The molecule has 1 aromatic rings. The zero-order chi connectivity index (χ0) is 18.7. The van der Waals surface area contributed by atoms with Gasteiger partial charge in [0.25, 0.3) is 11.1 Å². The zero-order valence-corrected chi connectivity index (χ0v) is 15.3. The van der Waals surface area contributed by atoms with Crippen LogP contribution in [0.4, 0.5) is 9.18 Å². The number of rotatable bonds is 5. The fourth-order valence-corrected chi connectivity index (χ4v) is 4.65. The maximum Gasteiger partial charge on any atom is 0.293 e. The molecule has 0 aromatic heterocycles. The molecule has 2 aliphatic heterocycles. The van der Waals surface area contributed by atoms with Gasteiger partial charge in [-0.3, -0.25) is 19.3 Å². The van der Waals surface area contributed by atoms with E-state index in [-0.39, 0.29) is 29.8 Å². The van der Waals surface area contributed by atoms with Crippen molar-refractivity contribution in [2.45, 2.75) is 18.6 Å². The number of amides is 3. The van der Waals surface area contributed by atoms with Crippen LogP contribution in [0.1, 0.15) is 12.0 Å². The summed E-state index contributed by atoms with van der Waals surface area (Å²) in [6, 6.07) is 5.42. The third-order valence-corrected chi connectivity index (χ3v) is 6.06. The Morgan fingerprint density at radius 2 is 2.19 bits per heavy atom. The molecule has 2 N–H and O–H groups in total. The predicted molar refractivity (Wildman–Crippen MR) is 99.0 cm³/mol. The van der Waals surface area contributed by atoms with Gasteiger partial charge in [-0.25, -0.2) is 4.39 Å². The molecule has 2 saturated heterocycles. The molecule has 0 aliphatic carbocycles. The van der Waals surface area contributed by atoms with Crippen LogP contribution >= 0.6 is 23.5 Å². The Balaban J connectivity index is 1.58. The highest BCUT2D eigenvalue weighted by Crippen LogP contribution is 2.32. The monoisotopic (exact) mass is 396 g/mol. The lowest BCUT2D eigenvalue weighted by molar-refractivity contribution is -0.124. The van der Waals surface area contributed by atoms with Crippen molar-refractivity contribution in [3.63, 3.8) is 0 Å². The first-order chi connectivity index (χ1) is 12.4. The minimum atomic E-state index is -0.574. The topological polar surface area (TPSA) is 86.7 Å². The van der Waals surface area contributed by atoms with E-state index in [4.69, 9.17) is 0 Å². The number of nitrogens with one attached hydrogen (secondary N) is 1. The zero-order valence-electron chi connectivity index (χ0n) is 13.7. The standard InChI is InChI=1S/C17H17FN2O4S2/c18-11-3-1-2-10(6-11)7-14-16(23)20(17(24)26-14)5-4-15(22)19-12-8-25-9-13(12)21/h1-3,6-7,12-13,21H,4-5,8-9H2,(H,19,22)/b14-7+/t12-,13-/m1/s1. The summed E-state index contributed by atoms with van der Waals surface area (Å²) < 4.78 is 13.2. The van der Waals surface area contributed by atoms with Crippen LogP contribution in [0.2, 0.25) is 0 Å². The first kappa shape index (κ1) is 18.9. The highest BCUT2D eigenvalue weighted by molar-refractivity contribution is 8.18. The number of hydrogen-bond donors (Lipinski definition) is 2. The van der Waals surface area contributed by atoms with E-state index in [0.29, 0.717) is 17.1 Å². The van der Waals surface area contributed by atoms with Gasteiger partial charge in [0.05, 0.1) is 17.1 Å². The molecule has 2 aliphatic rings. The van der Waals surface area contributed by atoms with Gasteiger partial charge in [-0.15, -0.1) is 0 Å². The van der Waals surface area contributed by atoms with Crippen molar-refractivity contribution < 1.29 is 23.9 Å². The number of halogens is 1. The van der Waals surface area contributed by atoms with Gasteiger partial charge in [0.15, 0.2) is 0 Å². The Morgan fingerprint density at radius 3 is 2.88 bits per heavy atom. The smallest absolute Gasteiger partial charge is 0.293 e. The lowest BCUT2D eigenvalue weighted by atomic mass is 10.2. The lowest BCUT2D eigenvalue weighted by Crippen LogP contribution is -2.43. The van der Waals surface area contributed by atoms with Crippen LogP contribution < -0.4 is 5.32 Å². The average Bonchev–Trinajstić information content (AvgIpc) is 3.10. The first-order valence-electron chi connectivity index (χ1n) is 8.00. The molecule has 3 amide bonds. The van der Waals surface area contributed by atoms with E-state index in [9.17, 15) is 23.9 Å². The van der Waals surface area contributed by atoms with Crippen molar-refractivity contribution in [3.8, 4) is 0 Å². The lowest BCUT2D eigenvalue weighted by Gasteiger charge is -2.17. The Morgan fingerprint density at radius 1 is 1.38 bits per heavy atom. The van der Waals surface area contributed by atoms with Crippen LogP contribution in [-0.4, -0.2) is 57.3 Å². The molecule has 2 atom stereocenters. The van der Waals surface area contributed by atoms with Gasteiger partial charge >= 0.3 is 0 Å². The minimum absolute atomic E-state index is 0.0286. The van der Waals surface area contributed by atoms with Crippen molar-refractivity contribution in [1.82, 2.24) is 10.2 Å². The van der Waals surface area contributed by atoms with E-state index in [2.05, 4.69) is 5.32 Å². The molecule has 2 fully saturated rings. The highest BCUT2D eigenvalue weighted by Gasteiger charge is 2.35. The Kier molecular flexibility index (Phi) is 6.00. The third kappa shape index (κ3) is 4.46. The van der Waals surface area contributed by atoms with Crippen LogP contribution in [0.25, 0.3) is 6.08 Å². The number of aliphatic hydroxyl groups excluding tert-OH is 1. The van der Waals surface area contributed by atoms with E-state index in [1.165, 1.54) is 24.3 Å². The van der Waals surface area contributed by atoms with Gasteiger partial charge in [-0.1, -0.05) is 12.1 Å². The second-order valence-corrected chi connectivity index (χ2v) is 7.99. The first-order valence-corrected chi connectivity index (χ1v) is 9.97. The van der Waals surface area contributed by atoms with Crippen molar-refractivity contribution in [2.24, 2.45) is 0 Å². The van der Waals surface area contributed by atoms with Gasteiger partial charge in [-0.05, 0) is 35.5 Å². The van der Waals surface area contributed by atoms with Gasteiger partial charge in [-0.2, -0.15) is 11.8 Å². The number of thioether (sulfide) groups is 2. The maximum atomic E-state index is 13.2. The summed E-state index contributed by atoms with van der Waals surface area (Å²) in [5.41, 5.74) is 0.487. The van der Waals surface area contributed by atoms with Crippen molar-refractivity contribution in [1.29, 1.82) is 0 Å². The number of carbonyl (C=O) groups is 3. The third-order valence-electron chi connectivity index (χ3n) is 3.98. The molecule has 0 unspecified atom stereocenters. The van der Waals surface area contributed by atoms with Gasteiger partial charge in [0.1, 0.15) is 5.82 Å².